The van der Waals surface area contributed by atoms with Crippen molar-refractivity contribution in [3.8, 4) is 17.2 Å². The predicted octanol–water partition coefficient (Wildman–Crippen LogP) is 1.77. The van der Waals surface area contributed by atoms with E-state index >= 15 is 0 Å². The number of hydrogen-bond donors (Lipinski definition) is 2. The van der Waals surface area contributed by atoms with E-state index in [0.29, 0.717) is 11.4 Å². The van der Waals surface area contributed by atoms with Gasteiger partial charge in [0.1, 0.15) is 0 Å². The molecule has 0 aliphatic carbocycles. The normalized spacial score (nSPS) is 10.3. The maximum Gasteiger partial charge on any atom is 0.205 e. The quantitative estimate of drug-likeness (QED) is 0.572. The van der Waals surface area contributed by atoms with Crippen molar-refractivity contribution in [1.29, 1.82) is 0 Å². The molecule has 0 spiro atoms. The van der Waals surface area contributed by atoms with Crippen molar-refractivity contribution in [2.45, 2.75) is 20.0 Å². The van der Waals surface area contributed by atoms with Gasteiger partial charge in [-0.15, -0.1) is 0 Å². The van der Waals surface area contributed by atoms with E-state index in [1.54, 1.807) is 6.07 Å². The summed E-state index contributed by atoms with van der Waals surface area (Å²) in [6, 6.07) is 3.05. The molecule has 0 fully saturated rings. The first kappa shape index (κ1) is 10.5. The van der Waals surface area contributed by atoms with Crippen LogP contribution >= 0.6 is 0 Å². The van der Waals surface area contributed by atoms with Gasteiger partial charge >= 0.3 is 0 Å². The highest BCUT2D eigenvalue weighted by molar-refractivity contribution is 5.65. The second kappa shape index (κ2) is 4.09. The second-order valence-corrected chi connectivity index (χ2v) is 3.20. The average molecular weight is 197 g/mol. The van der Waals surface area contributed by atoms with Gasteiger partial charge in [0.2, 0.25) is 5.75 Å². The molecule has 0 aromatic heterocycles. The Morgan fingerprint density at radius 3 is 2.43 bits per heavy atom. The number of aromatic hydroxyl groups is 1. The molecule has 0 saturated heterocycles. The molecule has 4 nitrogen and oxygen atoms in total. The zero-order valence-electron chi connectivity index (χ0n) is 8.57. The Hall–Kier alpha value is -1.58. The zero-order chi connectivity index (χ0) is 10.7. The van der Waals surface area contributed by atoms with Crippen LogP contribution < -0.4 is 15.2 Å². The van der Waals surface area contributed by atoms with E-state index in [4.69, 9.17) is 15.2 Å². The van der Waals surface area contributed by atoms with Crippen LogP contribution in [0.4, 0.5) is 5.69 Å². The molecular weight excluding hydrogens is 182 g/mol. The molecular formula is C10H15NO3. The number of ether oxygens (including phenoxy) is 2. The minimum Gasteiger partial charge on any atom is -0.504 e. The Morgan fingerprint density at radius 1 is 1.29 bits per heavy atom. The van der Waals surface area contributed by atoms with Gasteiger partial charge in [0, 0.05) is 0 Å². The van der Waals surface area contributed by atoms with Gasteiger partial charge in [0.25, 0.3) is 0 Å². The van der Waals surface area contributed by atoms with Crippen LogP contribution in [-0.4, -0.2) is 18.3 Å². The standard InChI is InChI=1S/C10H15NO3/c1-6(2)14-9-7(11)4-5-8(12)10(9)13-3/h4-6,12H,11H2,1-3H3. The van der Waals surface area contributed by atoms with Gasteiger partial charge in [-0.1, -0.05) is 0 Å². The molecule has 0 bridgehead atoms. The molecule has 0 unspecified atom stereocenters. The smallest absolute Gasteiger partial charge is 0.205 e. The van der Waals surface area contributed by atoms with Crippen molar-refractivity contribution in [2.75, 3.05) is 12.8 Å². The predicted molar refractivity (Wildman–Crippen MR) is 54.8 cm³/mol. The summed E-state index contributed by atoms with van der Waals surface area (Å²) in [5.74, 6) is 0.693. The summed E-state index contributed by atoms with van der Waals surface area (Å²) < 4.78 is 10.4. The van der Waals surface area contributed by atoms with E-state index in [1.165, 1.54) is 13.2 Å². The molecule has 1 rings (SSSR count). The van der Waals surface area contributed by atoms with Gasteiger partial charge in [0.15, 0.2) is 11.5 Å². The van der Waals surface area contributed by atoms with Gasteiger partial charge in [-0.05, 0) is 26.0 Å². The number of nitrogens with two attached hydrogens (primary N) is 1. The van der Waals surface area contributed by atoms with Crippen molar-refractivity contribution in [2.24, 2.45) is 0 Å². The number of anilines is 1. The zero-order valence-corrected chi connectivity index (χ0v) is 8.57. The average Bonchev–Trinajstić information content (AvgIpc) is 2.11. The minimum atomic E-state index is -0.0204. The maximum atomic E-state index is 9.47. The number of hydrogen-bond acceptors (Lipinski definition) is 4. The summed E-state index contributed by atoms with van der Waals surface area (Å²) in [7, 11) is 1.46. The van der Waals surface area contributed by atoms with Gasteiger partial charge in [-0.25, -0.2) is 0 Å². The third kappa shape index (κ3) is 2.02. The second-order valence-electron chi connectivity index (χ2n) is 3.20. The summed E-state index contributed by atoms with van der Waals surface area (Å²) in [5, 5.41) is 9.47. The molecule has 0 amide bonds. The Kier molecular flexibility index (Phi) is 3.06. The molecule has 3 N–H and O–H groups in total. The molecule has 1 aromatic carbocycles. The first-order valence-electron chi connectivity index (χ1n) is 4.38. The van der Waals surface area contributed by atoms with Crippen LogP contribution in [0.2, 0.25) is 0 Å². The number of phenolic OH excluding ortho intramolecular Hbond substituents is 1. The number of benzene rings is 1. The van der Waals surface area contributed by atoms with E-state index in [0.717, 1.165) is 0 Å². The molecule has 0 heterocycles. The Labute approximate surface area is 83.3 Å². The number of methoxy groups -OCH3 is 1. The van der Waals surface area contributed by atoms with Crippen LogP contribution in [0.1, 0.15) is 13.8 Å². The van der Waals surface area contributed by atoms with Crippen molar-refractivity contribution < 1.29 is 14.6 Å². The third-order valence-corrected chi connectivity index (χ3v) is 1.68. The molecule has 1 aromatic rings. The molecule has 78 valence electrons. The Balaban J connectivity index is 3.16. The van der Waals surface area contributed by atoms with E-state index < -0.39 is 0 Å². The van der Waals surface area contributed by atoms with Crippen LogP contribution in [0, 0.1) is 0 Å². The van der Waals surface area contributed by atoms with Crippen LogP contribution in [-0.2, 0) is 0 Å². The van der Waals surface area contributed by atoms with Gasteiger partial charge in [-0.3, -0.25) is 0 Å². The topological polar surface area (TPSA) is 64.7 Å². The monoisotopic (exact) mass is 197 g/mol. The number of rotatable bonds is 3. The van der Waals surface area contributed by atoms with Crippen molar-refractivity contribution in [3.05, 3.63) is 12.1 Å². The molecule has 0 aliphatic heterocycles. The Morgan fingerprint density at radius 2 is 1.93 bits per heavy atom. The lowest BCUT2D eigenvalue weighted by atomic mass is 10.2. The van der Waals surface area contributed by atoms with Gasteiger partial charge < -0.3 is 20.3 Å². The number of phenols is 1. The lowest BCUT2D eigenvalue weighted by Gasteiger charge is -2.16. The summed E-state index contributed by atoms with van der Waals surface area (Å²) in [6.45, 7) is 3.76. The van der Waals surface area contributed by atoms with Crippen LogP contribution in [0.5, 0.6) is 17.2 Å². The molecule has 0 radical (unpaired) electrons. The lowest BCUT2D eigenvalue weighted by molar-refractivity contribution is 0.228. The molecule has 0 saturated carbocycles. The number of nitrogen functional groups attached to an aromatic ring is 1. The maximum absolute atomic E-state index is 9.47. The summed E-state index contributed by atoms with van der Waals surface area (Å²) in [5.41, 5.74) is 6.15. The first-order valence-corrected chi connectivity index (χ1v) is 4.38. The fourth-order valence-electron chi connectivity index (χ4n) is 1.12. The van der Waals surface area contributed by atoms with E-state index in [1.807, 2.05) is 13.8 Å². The van der Waals surface area contributed by atoms with E-state index in [9.17, 15) is 5.11 Å². The summed E-state index contributed by atoms with van der Waals surface area (Å²) >= 11 is 0. The first-order chi connectivity index (χ1) is 6.56. The van der Waals surface area contributed by atoms with Gasteiger partial charge in [-0.2, -0.15) is 0 Å². The van der Waals surface area contributed by atoms with E-state index in [-0.39, 0.29) is 17.6 Å². The van der Waals surface area contributed by atoms with Crippen LogP contribution in [0.15, 0.2) is 12.1 Å². The molecule has 0 atom stereocenters. The van der Waals surface area contributed by atoms with Crippen LogP contribution in [0.3, 0.4) is 0 Å². The largest absolute Gasteiger partial charge is 0.504 e. The minimum absolute atomic E-state index is 0.0204. The van der Waals surface area contributed by atoms with E-state index in [2.05, 4.69) is 0 Å². The summed E-state index contributed by atoms with van der Waals surface area (Å²) in [6.07, 6.45) is -0.0204. The van der Waals surface area contributed by atoms with Crippen molar-refractivity contribution in [1.82, 2.24) is 0 Å². The van der Waals surface area contributed by atoms with Crippen molar-refractivity contribution in [3.63, 3.8) is 0 Å². The highest BCUT2D eigenvalue weighted by Gasteiger charge is 2.14. The SMILES string of the molecule is COc1c(O)ccc(N)c1OC(C)C. The van der Waals surface area contributed by atoms with Crippen molar-refractivity contribution >= 4 is 5.69 Å². The molecule has 4 heteroatoms. The molecule has 0 aliphatic rings. The fourth-order valence-corrected chi connectivity index (χ4v) is 1.12. The lowest BCUT2D eigenvalue weighted by Crippen LogP contribution is -2.08. The molecule has 14 heavy (non-hydrogen) atoms. The third-order valence-electron chi connectivity index (χ3n) is 1.68. The van der Waals surface area contributed by atoms with Crippen LogP contribution in [0.25, 0.3) is 0 Å². The highest BCUT2D eigenvalue weighted by Crippen LogP contribution is 2.41. The highest BCUT2D eigenvalue weighted by atomic mass is 16.5. The fraction of sp³-hybridized carbons (Fsp3) is 0.400. The van der Waals surface area contributed by atoms with Gasteiger partial charge in [0.05, 0.1) is 18.9 Å². The Bertz CT molecular complexity index is 323. The summed E-state index contributed by atoms with van der Waals surface area (Å²) in [4.78, 5) is 0.